The lowest BCUT2D eigenvalue weighted by Crippen LogP contribution is -2.33. The number of anilines is 1. The van der Waals surface area contributed by atoms with Crippen molar-refractivity contribution < 1.29 is 19.8 Å². The van der Waals surface area contributed by atoms with Gasteiger partial charge in [-0.3, -0.25) is 9.69 Å². The molecule has 0 aliphatic heterocycles. The molecule has 0 spiro atoms. The Hall–Kier alpha value is -3.48. The van der Waals surface area contributed by atoms with Crippen molar-refractivity contribution in [3.63, 3.8) is 0 Å². The van der Waals surface area contributed by atoms with Crippen LogP contribution >= 0.6 is 0 Å². The zero-order valence-corrected chi connectivity index (χ0v) is 20.5. The Balaban J connectivity index is 0.000000331. The highest BCUT2D eigenvalue weighted by Crippen LogP contribution is 2.19. The molecular formula is C28H36N2O4. The van der Waals surface area contributed by atoms with Crippen LogP contribution in [0.4, 0.5) is 5.69 Å². The number of para-hydroxylation sites is 1. The Bertz CT molecular complexity index is 983. The van der Waals surface area contributed by atoms with Gasteiger partial charge in [-0.2, -0.15) is 0 Å². The Labute approximate surface area is 202 Å². The largest absolute Gasteiger partial charge is 0.457 e. The molecule has 0 bridgehead atoms. The second-order valence-corrected chi connectivity index (χ2v) is 7.70. The van der Waals surface area contributed by atoms with E-state index in [0.29, 0.717) is 18.7 Å². The molecule has 6 heteroatoms. The zero-order chi connectivity index (χ0) is 24.1. The lowest BCUT2D eigenvalue weighted by molar-refractivity contribution is -0.117. The van der Waals surface area contributed by atoms with Crippen molar-refractivity contribution in [1.82, 2.24) is 4.90 Å². The van der Waals surface area contributed by atoms with E-state index in [4.69, 9.17) is 4.74 Å². The van der Waals surface area contributed by atoms with Gasteiger partial charge in [0.25, 0.3) is 0 Å². The molecule has 3 N–H and O–H groups in total. The maximum absolute atomic E-state index is 11.9. The van der Waals surface area contributed by atoms with E-state index in [0.717, 1.165) is 35.5 Å². The van der Waals surface area contributed by atoms with Crippen molar-refractivity contribution in [2.75, 3.05) is 25.0 Å². The SMILES string of the molecule is CCN(CC)CC(=O)Nc1c(C)cccc1C.O.O=C(OCc1ccccc1)c1ccccc1. The van der Waals surface area contributed by atoms with Crippen molar-refractivity contribution in [1.29, 1.82) is 0 Å². The number of esters is 1. The van der Waals surface area contributed by atoms with Gasteiger partial charge < -0.3 is 15.5 Å². The number of carbonyl (C=O) groups excluding carboxylic acids is 2. The first kappa shape index (κ1) is 28.6. The van der Waals surface area contributed by atoms with Crippen LogP contribution in [0.3, 0.4) is 0 Å². The smallest absolute Gasteiger partial charge is 0.338 e. The van der Waals surface area contributed by atoms with Crippen LogP contribution < -0.4 is 5.32 Å². The Kier molecular flexibility index (Phi) is 12.9. The van der Waals surface area contributed by atoms with E-state index in [1.165, 1.54) is 0 Å². The summed E-state index contributed by atoms with van der Waals surface area (Å²) in [6.07, 6.45) is 0. The summed E-state index contributed by atoms with van der Waals surface area (Å²) in [6, 6.07) is 24.7. The number of benzene rings is 3. The summed E-state index contributed by atoms with van der Waals surface area (Å²) in [5.74, 6) is -0.226. The molecule has 0 saturated heterocycles. The molecule has 0 saturated carbocycles. The van der Waals surface area contributed by atoms with Crippen LogP contribution in [-0.4, -0.2) is 41.9 Å². The van der Waals surface area contributed by atoms with Crippen LogP contribution in [0.2, 0.25) is 0 Å². The van der Waals surface area contributed by atoms with Gasteiger partial charge in [-0.1, -0.05) is 80.6 Å². The highest BCUT2D eigenvalue weighted by Gasteiger charge is 2.10. The number of nitrogens with zero attached hydrogens (tertiary/aromatic N) is 1. The second-order valence-electron chi connectivity index (χ2n) is 7.70. The average Bonchev–Trinajstić information content (AvgIpc) is 2.85. The van der Waals surface area contributed by atoms with Crippen LogP contribution in [0.1, 0.15) is 40.9 Å². The fourth-order valence-electron chi connectivity index (χ4n) is 3.22. The van der Waals surface area contributed by atoms with Gasteiger partial charge >= 0.3 is 5.97 Å². The first-order chi connectivity index (χ1) is 15.9. The number of hydrogen-bond donors (Lipinski definition) is 1. The topological polar surface area (TPSA) is 90.1 Å². The van der Waals surface area contributed by atoms with Gasteiger partial charge in [-0.15, -0.1) is 0 Å². The summed E-state index contributed by atoms with van der Waals surface area (Å²) in [5.41, 5.74) is 4.74. The van der Waals surface area contributed by atoms with E-state index in [2.05, 4.69) is 24.1 Å². The number of carbonyl (C=O) groups is 2. The first-order valence-corrected chi connectivity index (χ1v) is 11.3. The van der Waals surface area contributed by atoms with Crippen molar-refractivity contribution in [2.45, 2.75) is 34.3 Å². The third kappa shape index (κ3) is 9.57. The monoisotopic (exact) mass is 464 g/mol. The van der Waals surface area contributed by atoms with E-state index in [1.807, 2.05) is 80.6 Å². The number of ether oxygens (including phenoxy) is 1. The molecule has 0 aromatic heterocycles. The van der Waals surface area contributed by atoms with E-state index in [1.54, 1.807) is 12.1 Å². The number of hydrogen-bond acceptors (Lipinski definition) is 4. The highest BCUT2D eigenvalue weighted by atomic mass is 16.5. The molecule has 34 heavy (non-hydrogen) atoms. The Morgan fingerprint density at radius 1 is 0.794 bits per heavy atom. The molecule has 0 aliphatic rings. The Morgan fingerprint density at radius 3 is 1.85 bits per heavy atom. The molecule has 0 unspecified atom stereocenters. The van der Waals surface area contributed by atoms with E-state index < -0.39 is 0 Å². The van der Waals surface area contributed by atoms with E-state index >= 15 is 0 Å². The third-order valence-electron chi connectivity index (χ3n) is 5.23. The van der Waals surface area contributed by atoms with Gasteiger partial charge in [-0.25, -0.2) is 4.79 Å². The first-order valence-electron chi connectivity index (χ1n) is 11.3. The summed E-state index contributed by atoms with van der Waals surface area (Å²) in [5, 5.41) is 3.00. The molecule has 3 aromatic carbocycles. The van der Waals surface area contributed by atoms with Crippen molar-refractivity contribution >= 4 is 17.6 Å². The number of nitrogens with one attached hydrogen (secondary N) is 1. The van der Waals surface area contributed by atoms with Crippen molar-refractivity contribution in [2.24, 2.45) is 0 Å². The predicted molar refractivity (Wildman–Crippen MR) is 138 cm³/mol. The number of aryl methyl sites for hydroxylation is 2. The van der Waals surface area contributed by atoms with E-state index in [9.17, 15) is 9.59 Å². The Morgan fingerprint density at radius 2 is 1.32 bits per heavy atom. The third-order valence-corrected chi connectivity index (χ3v) is 5.23. The van der Waals surface area contributed by atoms with Crippen molar-refractivity contribution in [3.05, 3.63) is 101 Å². The van der Waals surface area contributed by atoms with Crippen LogP contribution in [0.25, 0.3) is 0 Å². The summed E-state index contributed by atoms with van der Waals surface area (Å²) < 4.78 is 5.18. The highest BCUT2D eigenvalue weighted by molar-refractivity contribution is 5.93. The maximum atomic E-state index is 11.9. The van der Waals surface area contributed by atoms with Gasteiger partial charge in [0, 0.05) is 5.69 Å². The molecule has 0 heterocycles. The molecule has 182 valence electrons. The summed E-state index contributed by atoms with van der Waals surface area (Å²) in [6.45, 7) is 10.7. The lowest BCUT2D eigenvalue weighted by Gasteiger charge is -2.18. The molecular weight excluding hydrogens is 428 g/mol. The minimum atomic E-state index is -0.288. The van der Waals surface area contributed by atoms with Crippen LogP contribution in [0, 0.1) is 13.8 Å². The van der Waals surface area contributed by atoms with Gasteiger partial charge in [0.2, 0.25) is 5.91 Å². The lowest BCUT2D eigenvalue weighted by atomic mass is 10.1. The average molecular weight is 465 g/mol. The molecule has 3 rings (SSSR count). The van der Waals surface area contributed by atoms with E-state index in [-0.39, 0.29) is 17.4 Å². The van der Waals surface area contributed by atoms with Gasteiger partial charge in [0.05, 0.1) is 12.1 Å². The summed E-state index contributed by atoms with van der Waals surface area (Å²) in [4.78, 5) is 25.6. The molecule has 0 atom stereocenters. The standard InChI is InChI=1S/C14H22N2O.C14H12O2.H2O/c1-5-16(6-2)10-13(17)15-14-11(3)8-7-9-12(14)4;15-14(13-9-5-2-6-10-13)16-11-12-7-3-1-4-8-12;/h7-9H,5-6,10H2,1-4H3,(H,15,17);1-10H,11H2;1H2. The molecule has 0 radical (unpaired) electrons. The molecule has 0 aliphatic carbocycles. The minimum absolute atomic E-state index is 0. The normalized spacial score (nSPS) is 9.91. The quantitative estimate of drug-likeness (QED) is 0.485. The predicted octanol–water partition coefficient (Wildman–Crippen LogP) is 4.80. The molecule has 3 aromatic rings. The number of amides is 1. The minimum Gasteiger partial charge on any atom is -0.457 e. The van der Waals surface area contributed by atoms with Crippen LogP contribution in [0.15, 0.2) is 78.9 Å². The van der Waals surface area contributed by atoms with Crippen LogP contribution in [0.5, 0.6) is 0 Å². The van der Waals surface area contributed by atoms with Crippen molar-refractivity contribution in [3.8, 4) is 0 Å². The fraction of sp³-hybridized carbons (Fsp3) is 0.286. The fourth-order valence-corrected chi connectivity index (χ4v) is 3.22. The number of likely N-dealkylation sites (N-methyl/N-ethyl adjacent to an activating group) is 1. The zero-order valence-electron chi connectivity index (χ0n) is 20.5. The molecule has 1 amide bonds. The molecule has 6 nitrogen and oxygen atoms in total. The van der Waals surface area contributed by atoms with Gasteiger partial charge in [0.15, 0.2) is 0 Å². The second kappa shape index (κ2) is 15.4. The summed E-state index contributed by atoms with van der Waals surface area (Å²) in [7, 11) is 0. The molecule has 0 fully saturated rings. The number of rotatable bonds is 8. The maximum Gasteiger partial charge on any atom is 0.338 e. The van der Waals surface area contributed by atoms with Gasteiger partial charge in [-0.05, 0) is 55.8 Å². The van der Waals surface area contributed by atoms with Crippen LogP contribution in [-0.2, 0) is 16.1 Å². The summed E-state index contributed by atoms with van der Waals surface area (Å²) >= 11 is 0. The van der Waals surface area contributed by atoms with Gasteiger partial charge in [0.1, 0.15) is 6.61 Å².